The van der Waals surface area contributed by atoms with Gasteiger partial charge in [0, 0.05) is 21.8 Å². The molecule has 0 amide bonds. The van der Waals surface area contributed by atoms with Crippen molar-refractivity contribution in [2.24, 2.45) is 4.99 Å². The molecule has 0 aliphatic rings. The topological polar surface area (TPSA) is 58.6 Å². The van der Waals surface area contributed by atoms with E-state index in [-0.39, 0.29) is 5.75 Å². The van der Waals surface area contributed by atoms with E-state index in [0.717, 1.165) is 33.2 Å². The fraction of sp³-hybridized carbons (Fsp3) is 0.167. The van der Waals surface area contributed by atoms with Gasteiger partial charge >= 0.3 is 0 Å². The summed E-state index contributed by atoms with van der Waals surface area (Å²) < 4.78 is 6.82. The van der Waals surface area contributed by atoms with Crippen LogP contribution in [0.1, 0.15) is 37.3 Å². The maximum Gasteiger partial charge on any atom is 0.227 e. The van der Waals surface area contributed by atoms with Crippen LogP contribution in [0, 0.1) is 0 Å². The Hall–Kier alpha value is -2.92. The van der Waals surface area contributed by atoms with Crippen LogP contribution in [-0.4, -0.2) is 16.3 Å². The molecule has 0 radical (unpaired) electrons. The molecular formula is C24H21BrN2O2. The molecule has 3 aromatic carbocycles. The smallest absolute Gasteiger partial charge is 0.227 e. The van der Waals surface area contributed by atoms with Crippen LogP contribution in [0.4, 0.5) is 5.69 Å². The molecule has 0 spiro atoms. The third-order valence-corrected chi connectivity index (χ3v) is 5.54. The first kappa shape index (κ1) is 19.4. The van der Waals surface area contributed by atoms with Gasteiger partial charge in [0.1, 0.15) is 11.3 Å². The maximum absolute atomic E-state index is 9.91. The summed E-state index contributed by atoms with van der Waals surface area (Å²) in [7, 11) is 0. The first-order valence-electron chi connectivity index (χ1n) is 9.57. The molecule has 0 saturated carbocycles. The highest BCUT2D eigenvalue weighted by atomic mass is 79.9. The van der Waals surface area contributed by atoms with Gasteiger partial charge in [0.05, 0.1) is 5.69 Å². The number of rotatable bonds is 5. The van der Waals surface area contributed by atoms with E-state index in [9.17, 15) is 5.11 Å². The van der Waals surface area contributed by atoms with Gasteiger partial charge < -0.3 is 9.52 Å². The highest BCUT2D eigenvalue weighted by Crippen LogP contribution is 2.29. The molecule has 0 aliphatic heterocycles. The zero-order valence-corrected chi connectivity index (χ0v) is 17.8. The molecule has 0 saturated heterocycles. The van der Waals surface area contributed by atoms with E-state index in [2.05, 4.69) is 51.9 Å². The Morgan fingerprint density at radius 3 is 2.66 bits per heavy atom. The minimum atomic E-state index is 0.191. The Morgan fingerprint density at radius 2 is 1.90 bits per heavy atom. The monoisotopic (exact) mass is 448 g/mol. The predicted octanol–water partition coefficient (Wildman–Crippen LogP) is 7.23. The van der Waals surface area contributed by atoms with E-state index in [1.165, 1.54) is 5.56 Å². The summed E-state index contributed by atoms with van der Waals surface area (Å²) in [6, 6.07) is 19.1. The molecule has 1 atom stereocenters. The second-order valence-electron chi connectivity index (χ2n) is 7.06. The van der Waals surface area contributed by atoms with Gasteiger partial charge in [0.15, 0.2) is 5.58 Å². The molecule has 4 nitrogen and oxygen atoms in total. The minimum Gasteiger partial charge on any atom is -0.507 e. The maximum atomic E-state index is 9.91. The van der Waals surface area contributed by atoms with Crippen LogP contribution < -0.4 is 0 Å². The van der Waals surface area contributed by atoms with Crippen molar-refractivity contribution in [1.82, 2.24) is 4.98 Å². The summed E-state index contributed by atoms with van der Waals surface area (Å²) in [6.45, 7) is 4.40. The molecule has 0 fully saturated rings. The van der Waals surface area contributed by atoms with Gasteiger partial charge in [0.25, 0.3) is 0 Å². The van der Waals surface area contributed by atoms with Crippen LogP contribution in [0.15, 0.2) is 74.5 Å². The number of halogens is 1. The van der Waals surface area contributed by atoms with Gasteiger partial charge in [-0.1, -0.05) is 35.8 Å². The molecule has 0 aliphatic carbocycles. The lowest BCUT2D eigenvalue weighted by molar-refractivity contribution is 0.474. The highest BCUT2D eigenvalue weighted by Gasteiger charge is 2.11. The average molecular weight is 449 g/mol. The zero-order valence-electron chi connectivity index (χ0n) is 16.3. The second kappa shape index (κ2) is 8.21. The van der Waals surface area contributed by atoms with Crippen LogP contribution in [0.25, 0.3) is 22.6 Å². The second-order valence-corrected chi connectivity index (χ2v) is 7.98. The average Bonchev–Trinajstić information content (AvgIpc) is 3.17. The van der Waals surface area contributed by atoms with Gasteiger partial charge in [0.2, 0.25) is 5.89 Å². The number of aromatic hydroxyl groups is 1. The first-order chi connectivity index (χ1) is 14.0. The van der Waals surface area contributed by atoms with Gasteiger partial charge in [-0.05, 0) is 72.5 Å². The lowest BCUT2D eigenvalue weighted by Gasteiger charge is -2.07. The quantitative estimate of drug-likeness (QED) is 0.327. The lowest BCUT2D eigenvalue weighted by atomic mass is 9.98. The minimum absolute atomic E-state index is 0.191. The highest BCUT2D eigenvalue weighted by molar-refractivity contribution is 9.10. The van der Waals surface area contributed by atoms with Crippen molar-refractivity contribution < 1.29 is 9.52 Å². The third kappa shape index (κ3) is 4.25. The third-order valence-electron chi connectivity index (χ3n) is 5.05. The van der Waals surface area contributed by atoms with E-state index in [1.807, 2.05) is 36.4 Å². The van der Waals surface area contributed by atoms with Crippen molar-refractivity contribution in [2.75, 3.05) is 0 Å². The predicted molar refractivity (Wildman–Crippen MR) is 121 cm³/mol. The van der Waals surface area contributed by atoms with Crippen molar-refractivity contribution in [3.63, 3.8) is 0 Å². The Morgan fingerprint density at radius 1 is 1.10 bits per heavy atom. The van der Waals surface area contributed by atoms with E-state index in [1.54, 1.807) is 18.3 Å². The Labute approximate surface area is 178 Å². The molecule has 4 aromatic rings. The number of aliphatic imine (C=N–C) groups is 1. The number of oxazole rings is 1. The number of phenols is 1. The van der Waals surface area contributed by atoms with Gasteiger partial charge in [-0.15, -0.1) is 0 Å². The standard InChI is InChI=1S/C24H21BrN2O2/c1-3-15(2)17-6-11-23-21(13-17)27-24(29-23)16-4-8-20(9-5-16)26-14-18-12-19(25)7-10-22(18)28/h4-15,28H,3H2,1-2H3/t15-/m1/s1. The molecular weight excluding hydrogens is 428 g/mol. The summed E-state index contributed by atoms with van der Waals surface area (Å²) in [4.78, 5) is 9.10. The van der Waals surface area contributed by atoms with Crippen molar-refractivity contribution in [3.8, 4) is 17.2 Å². The van der Waals surface area contributed by atoms with Crippen molar-refractivity contribution in [2.45, 2.75) is 26.2 Å². The molecule has 146 valence electrons. The summed E-state index contributed by atoms with van der Waals surface area (Å²) in [5.41, 5.74) is 5.28. The molecule has 0 bridgehead atoms. The van der Waals surface area contributed by atoms with Crippen LogP contribution in [0.2, 0.25) is 0 Å². The number of nitrogens with zero attached hydrogens (tertiary/aromatic N) is 2. The van der Waals surface area contributed by atoms with Crippen LogP contribution in [0.5, 0.6) is 5.75 Å². The molecule has 1 N–H and O–H groups in total. The van der Waals surface area contributed by atoms with Gasteiger partial charge in [-0.2, -0.15) is 0 Å². The van der Waals surface area contributed by atoms with Gasteiger partial charge in [-0.3, -0.25) is 4.99 Å². The fourth-order valence-electron chi connectivity index (χ4n) is 3.07. The van der Waals surface area contributed by atoms with Crippen molar-refractivity contribution in [3.05, 3.63) is 76.3 Å². The molecule has 1 heterocycles. The van der Waals surface area contributed by atoms with Crippen molar-refractivity contribution in [1.29, 1.82) is 0 Å². The number of benzene rings is 3. The molecule has 4 rings (SSSR count). The number of fused-ring (bicyclic) bond motifs is 1. The first-order valence-corrected chi connectivity index (χ1v) is 10.4. The van der Waals surface area contributed by atoms with E-state index >= 15 is 0 Å². The Bertz CT molecular complexity index is 1180. The zero-order chi connectivity index (χ0) is 20.4. The summed E-state index contributed by atoms with van der Waals surface area (Å²) >= 11 is 3.40. The van der Waals surface area contributed by atoms with Gasteiger partial charge in [-0.25, -0.2) is 4.98 Å². The molecule has 5 heteroatoms. The molecule has 29 heavy (non-hydrogen) atoms. The van der Waals surface area contributed by atoms with Crippen molar-refractivity contribution >= 4 is 38.9 Å². The van der Waals surface area contributed by atoms with E-state index < -0.39 is 0 Å². The molecule has 0 unspecified atom stereocenters. The largest absolute Gasteiger partial charge is 0.507 e. The number of hydrogen-bond donors (Lipinski definition) is 1. The number of hydrogen-bond acceptors (Lipinski definition) is 4. The summed E-state index contributed by atoms with van der Waals surface area (Å²) in [5, 5.41) is 9.91. The summed E-state index contributed by atoms with van der Waals surface area (Å²) in [5.74, 6) is 1.29. The Balaban J connectivity index is 1.57. The van der Waals surface area contributed by atoms with Crippen LogP contribution in [0.3, 0.4) is 0 Å². The SMILES string of the molecule is CC[C@@H](C)c1ccc2oc(-c3ccc(N=Cc4cc(Br)ccc4O)cc3)nc2c1. The fourth-order valence-corrected chi connectivity index (χ4v) is 3.45. The Kier molecular flexibility index (Phi) is 5.49. The molecule has 1 aromatic heterocycles. The number of aromatic nitrogens is 1. The summed E-state index contributed by atoms with van der Waals surface area (Å²) in [6.07, 6.45) is 2.74. The number of phenolic OH excluding ortho intramolecular Hbond substituents is 1. The van der Waals surface area contributed by atoms with Crippen LogP contribution >= 0.6 is 15.9 Å². The van der Waals surface area contributed by atoms with Crippen LogP contribution in [-0.2, 0) is 0 Å². The lowest BCUT2D eigenvalue weighted by Crippen LogP contribution is -1.90. The normalized spacial score (nSPS) is 12.7. The van der Waals surface area contributed by atoms with E-state index in [0.29, 0.717) is 17.4 Å². The van der Waals surface area contributed by atoms with E-state index in [4.69, 9.17) is 4.42 Å².